The zero-order chi connectivity index (χ0) is 7.68. The van der Waals surface area contributed by atoms with E-state index in [0.29, 0.717) is 0 Å². The van der Waals surface area contributed by atoms with Gasteiger partial charge in [0, 0.05) is 24.7 Å². The quantitative estimate of drug-likeness (QED) is 0.546. The Balaban J connectivity index is 2.39. The van der Waals surface area contributed by atoms with Gasteiger partial charge in [-0.05, 0) is 0 Å². The lowest BCUT2D eigenvalue weighted by atomic mass is 10.0. The Morgan fingerprint density at radius 1 is 1.73 bits per heavy atom. The summed E-state index contributed by atoms with van der Waals surface area (Å²) in [5.41, 5.74) is 2.01. The molecule has 1 atom stereocenters. The number of aromatic nitrogens is 2. The molecule has 2 N–H and O–H groups in total. The van der Waals surface area contributed by atoms with Crippen molar-refractivity contribution >= 4 is 6.29 Å². The number of rotatable bonds is 1. The average molecular weight is 151 g/mol. The van der Waals surface area contributed by atoms with Gasteiger partial charge in [0.05, 0.1) is 11.7 Å². The highest BCUT2D eigenvalue weighted by atomic mass is 16.1. The number of aromatic amines is 1. The first-order valence-electron chi connectivity index (χ1n) is 3.63. The van der Waals surface area contributed by atoms with Crippen molar-refractivity contribution in [2.24, 2.45) is 0 Å². The van der Waals surface area contributed by atoms with Crippen molar-refractivity contribution in [2.75, 3.05) is 6.54 Å². The van der Waals surface area contributed by atoms with Gasteiger partial charge in [-0.15, -0.1) is 0 Å². The van der Waals surface area contributed by atoms with E-state index in [0.717, 1.165) is 30.5 Å². The van der Waals surface area contributed by atoms with E-state index in [-0.39, 0.29) is 6.04 Å². The van der Waals surface area contributed by atoms with Gasteiger partial charge in [0.15, 0.2) is 0 Å². The van der Waals surface area contributed by atoms with Gasteiger partial charge >= 0.3 is 0 Å². The number of hydrogen-bond donors (Lipinski definition) is 2. The van der Waals surface area contributed by atoms with Crippen LogP contribution in [0, 0.1) is 0 Å². The second-order valence-electron chi connectivity index (χ2n) is 2.61. The molecule has 0 fully saturated rings. The Morgan fingerprint density at radius 3 is 3.45 bits per heavy atom. The van der Waals surface area contributed by atoms with Crippen molar-refractivity contribution in [1.82, 2.24) is 15.5 Å². The van der Waals surface area contributed by atoms with Gasteiger partial charge in [0.1, 0.15) is 6.29 Å². The number of hydrogen-bond acceptors (Lipinski definition) is 3. The molecular weight excluding hydrogens is 142 g/mol. The molecule has 0 bridgehead atoms. The molecule has 1 aromatic rings. The number of carbonyl (C=O) groups is 1. The van der Waals surface area contributed by atoms with Crippen molar-refractivity contribution in [2.45, 2.75) is 12.5 Å². The van der Waals surface area contributed by atoms with Crippen LogP contribution in [-0.4, -0.2) is 23.0 Å². The van der Waals surface area contributed by atoms with Crippen molar-refractivity contribution in [1.29, 1.82) is 0 Å². The van der Waals surface area contributed by atoms with Crippen LogP contribution in [0.25, 0.3) is 0 Å². The standard InChI is InChI=1S/C7H9N3O/c11-4-7-5-3-9-10-6(5)1-2-8-7/h3-4,7-8H,1-2H2,(H,9,10). The van der Waals surface area contributed by atoms with Crippen molar-refractivity contribution in [3.63, 3.8) is 0 Å². The van der Waals surface area contributed by atoms with Gasteiger partial charge in [-0.1, -0.05) is 0 Å². The predicted octanol–water partition coefficient (Wildman–Crippen LogP) is -0.205. The Hall–Kier alpha value is -1.16. The summed E-state index contributed by atoms with van der Waals surface area (Å²) in [7, 11) is 0. The maximum absolute atomic E-state index is 10.5. The Kier molecular flexibility index (Phi) is 1.47. The predicted molar refractivity (Wildman–Crippen MR) is 39.1 cm³/mol. The number of fused-ring (bicyclic) bond motifs is 1. The highest BCUT2D eigenvalue weighted by Crippen LogP contribution is 2.17. The average Bonchev–Trinajstić information content (AvgIpc) is 2.50. The third kappa shape index (κ3) is 0.952. The molecule has 0 spiro atoms. The highest BCUT2D eigenvalue weighted by Gasteiger charge is 2.20. The van der Waals surface area contributed by atoms with E-state index in [1.807, 2.05) is 0 Å². The lowest BCUT2D eigenvalue weighted by Crippen LogP contribution is -2.30. The zero-order valence-electron chi connectivity index (χ0n) is 6.00. The number of nitrogens with zero attached hydrogens (tertiary/aromatic N) is 1. The fourth-order valence-corrected chi connectivity index (χ4v) is 1.37. The molecule has 1 aliphatic heterocycles. The van der Waals surface area contributed by atoms with Gasteiger partial charge in [-0.25, -0.2) is 0 Å². The first-order chi connectivity index (χ1) is 5.42. The van der Waals surface area contributed by atoms with Crippen LogP contribution >= 0.6 is 0 Å². The van der Waals surface area contributed by atoms with Gasteiger partial charge in [0.25, 0.3) is 0 Å². The van der Waals surface area contributed by atoms with Crippen molar-refractivity contribution < 1.29 is 4.79 Å². The third-order valence-corrected chi connectivity index (χ3v) is 1.95. The monoisotopic (exact) mass is 151 g/mol. The molecule has 2 rings (SSSR count). The maximum atomic E-state index is 10.5. The highest BCUT2D eigenvalue weighted by molar-refractivity contribution is 5.62. The molecule has 11 heavy (non-hydrogen) atoms. The van der Waals surface area contributed by atoms with Crippen LogP contribution in [0.4, 0.5) is 0 Å². The van der Waals surface area contributed by atoms with Crippen molar-refractivity contribution in [3.8, 4) is 0 Å². The second kappa shape index (κ2) is 2.47. The number of nitrogens with one attached hydrogen (secondary N) is 2. The van der Waals surface area contributed by atoms with Gasteiger partial charge < -0.3 is 10.1 Å². The minimum atomic E-state index is -0.155. The topological polar surface area (TPSA) is 57.8 Å². The maximum Gasteiger partial charge on any atom is 0.141 e. The van der Waals surface area contributed by atoms with E-state index in [9.17, 15) is 4.79 Å². The minimum Gasteiger partial charge on any atom is -0.304 e. The molecule has 1 aromatic heterocycles. The molecule has 1 unspecified atom stereocenters. The van der Waals surface area contributed by atoms with E-state index in [2.05, 4.69) is 15.5 Å². The molecule has 0 saturated carbocycles. The van der Waals surface area contributed by atoms with Crippen LogP contribution in [-0.2, 0) is 11.2 Å². The van der Waals surface area contributed by atoms with Gasteiger partial charge in [-0.2, -0.15) is 5.10 Å². The molecular formula is C7H9N3O. The summed E-state index contributed by atoms with van der Waals surface area (Å²) in [6, 6.07) is -0.155. The molecule has 2 heterocycles. The van der Waals surface area contributed by atoms with E-state index in [4.69, 9.17) is 0 Å². The summed E-state index contributed by atoms with van der Waals surface area (Å²) in [4.78, 5) is 10.5. The lowest BCUT2D eigenvalue weighted by Gasteiger charge is -2.17. The van der Waals surface area contributed by atoms with Crippen LogP contribution in [0.3, 0.4) is 0 Å². The number of carbonyl (C=O) groups excluding carboxylic acids is 1. The van der Waals surface area contributed by atoms with Crippen molar-refractivity contribution in [3.05, 3.63) is 17.5 Å². The molecule has 4 heteroatoms. The summed E-state index contributed by atoms with van der Waals surface area (Å²) in [5.74, 6) is 0. The SMILES string of the molecule is O=CC1NCCc2n[nH]cc21. The molecule has 0 saturated heterocycles. The van der Waals surface area contributed by atoms with Gasteiger partial charge in [-0.3, -0.25) is 5.10 Å². The zero-order valence-corrected chi connectivity index (χ0v) is 6.00. The third-order valence-electron chi connectivity index (χ3n) is 1.95. The Labute approximate surface area is 64.0 Å². The molecule has 0 aromatic carbocycles. The summed E-state index contributed by atoms with van der Waals surface area (Å²) in [6.45, 7) is 0.835. The fourth-order valence-electron chi connectivity index (χ4n) is 1.37. The van der Waals surface area contributed by atoms with E-state index in [1.165, 1.54) is 0 Å². The lowest BCUT2D eigenvalue weighted by molar-refractivity contribution is -0.109. The van der Waals surface area contributed by atoms with Crippen LogP contribution in [0.2, 0.25) is 0 Å². The largest absolute Gasteiger partial charge is 0.304 e. The summed E-state index contributed by atoms with van der Waals surface area (Å²) < 4.78 is 0. The molecule has 1 aliphatic rings. The fraction of sp³-hybridized carbons (Fsp3) is 0.429. The van der Waals surface area contributed by atoms with Crippen LogP contribution in [0.15, 0.2) is 6.20 Å². The van der Waals surface area contributed by atoms with E-state index in [1.54, 1.807) is 6.20 Å². The molecule has 0 radical (unpaired) electrons. The number of aldehydes is 1. The first kappa shape index (κ1) is 6.54. The summed E-state index contributed by atoms with van der Waals surface area (Å²) in [6.07, 6.45) is 3.59. The van der Waals surface area contributed by atoms with Gasteiger partial charge in [0.2, 0.25) is 0 Å². The normalized spacial score (nSPS) is 22.7. The van der Waals surface area contributed by atoms with Crippen LogP contribution in [0.5, 0.6) is 0 Å². The molecule has 4 nitrogen and oxygen atoms in total. The Bertz CT molecular complexity index is 268. The minimum absolute atomic E-state index is 0.155. The second-order valence-corrected chi connectivity index (χ2v) is 2.61. The summed E-state index contributed by atoms with van der Waals surface area (Å²) >= 11 is 0. The summed E-state index contributed by atoms with van der Waals surface area (Å²) in [5, 5.41) is 9.87. The van der Waals surface area contributed by atoms with E-state index >= 15 is 0 Å². The van der Waals surface area contributed by atoms with Crippen LogP contribution < -0.4 is 5.32 Å². The molecule has 58 valence electrons. The molecule has 0 amide bonds. The molecule has 0 aliphatic carbocycles. The van der Waals surface area contributed by atoms with E-state index < -0.39 is 0 Å². The Morgan fingerprint density at radius 2 is 2.64 bits per heavy atom. The first-order valence-corrected chi connectivity index (χ1v) is 3.63. The van der Waals surface area contributed by atoms with Crippen LogP contribution in [0.1, 0.15) is 17.3 Å². The smallest absolute Gasteiger partial charge is 0.141 e. The number of H-pyrrole nitrogens is 1.